The summed E-state index contributed by atoms with van der Waals surface area (Å²) in [6, 6.07) is 104. The van der Waals surface area contributed by atoms with E-state index in [9.17, 15) is 0 Å². The molecule has 15 aromatic carbocycles. The van der Waals surface area contributed by atoms with Crippen LogP contribution >= 0.6 is 0 Å². The van der Waals surface area contributed by atoms with E-state index in [1.165, 1.54) is 244 Å². The molecule has 9 aliphatic carbocycles. The van der Waals surface area contributed by atoms with Gasteiger partial charge < -0.3 is 4.57 Å². The molecule has 0 amide bonds. The first kappa shape index (κ1) is 61.7. The molecule has 1 heteroatoms. The van der Waals surface area contributed by atoms with Crippen molar-refractivity contribution in [2.24, 2.45) is 7.05 Å². The first-order valence-electron chi connectivity index (χ1n) is 38.0. The third kappa shape index (κ3) is 9.81. The predicted molar refractivity (Wildman–Crippen MR) is 439 cm³/mol. The summed E-state index contributed by atoms with van der Waals surface area (Å²) >= 11 is 0. The van der Waals surface area contributed by atoms with Crippen molar-refractivity contribution in [3.63, 3.8) is 0 Å². The number of para-hydroxylation sites is 1. The quantitative estimate of drug-likeness (QED) is 0.143. The molecule has 0 saturated carbocycles. The molecule has 1 heterocycles. The van der Waals surface area contributed by atoms with E-state index in [0.717, 1.165) is 57.8 Å². The first-order chi connectivity index (χ1) is 51.6. The lowest BCUT2D eigenvalue weighted by Gasteiger charge is -2.09. The second-order valence-corrected chi connectivity index (χ2v) is 31.0. The Morgan fingerprint density at radius 1 is 0.200 bits per heavy atom. The predicted octanol–water partition coefficient (Wildman–Crippen LogP) is 25.5. The van der Waals surface area contributed by atoms with Crippen molar-refractivity contribution in [2.45, 2.75) is 85.5 Å². The molecule has 16 aromatic rings. The summed E-state index contributed by atoms with van der Waals surface area (Å²) in [7, 11) is 2.17. The fraction of sp³-hybridized carbons (Fsp3) is 0.135. The first-order valence-corrected chi connectivity index (χ1v) is 38.0. The maximum Gasteiger partial charge on any atom is 0.0492 e. The second kappa shape index (κ2) is 24.1. The molecule has 0 spiro atoms. The summed E-state index contributed by atoms with van der Waals surface area (Å²) in [5, 5.41) is 2.81. The summed E-state index contributed by atoms with van der Waals surface area (Å²) in [5.74, 6) is 0. The topological polar surface area (TPSA) is 4.93 Å². The molecular weight excluding hydrogens is 1260 g/mol. The highest BCUT2D eigenvalue weighted by Gasteiger charge is 2.33. The van der Waals surface area contributed by atoms with Gasteiger partial charge in [0.15, 0.2) is 0 Å². The van der Waals surface area contributed by atoms with Crippen LogP contribution in [0, 0.1) is 27.7 Å². The number of nitrogens with zero attached hydrogens (tertiary/aromatic N) is 1. The van der Waals surface area contributed by atoms with E-state index in [4.69, 9.17) is 0 Å². The maximum atomic E-state index is 2.45. The molecule has 0 bridgehead atoms. The molecule has 0 radical (unpaired) electrons. The monoisotopic (exact) mass is 1340 g/mol. The Kier molecular flexibility index (Phi) is 14.2. The largest absolute Gasteiger partial charge is 0.344 e. The van der Waals surface area contributed by atoms with Gasteiger partial charge in [-0.15, -0.1) is 0 Å². The average Bonchev–Trinajstić information content (AvgIpc) is 1.60. The van der Waals surface area contributed by atoms with Crippen molar-refractivity contribution < 1.29 is 0 Å². The van der Waals surface area contributed by atoms with E-state index >= 15 is 0 Å². The van der Waals surface area contributed by atoms with Gasteiger partial charge in [0, 0.05) is 28.9 Å². The molecule has 0 atom stereocenters. The molecule has 0 fully saturated rings. The molecule has 1 nitrogen and oxygen atoms in total. The van der Waals surface area contributed by atoms with Crippen molar-refractivity contribution >= 4 is 21.8 Å². The number of hydrogen-bond donors (Lipinski definition) is 0. The molecule has 500 valence electrons. The zero-order valence-corrected chi connectivity index (χ0v) is 60.4. The highest BCUT2D eigenvalue weighted by Crippen LogP contribution is 2.53. The van der Waals surface area contributed by atoms with E-state index in [0.29, 0.717) is 0 Å². The van der Waals surface area contributed by atoms with E-state index < -0.39 is 0 Å². The highest BCUT2D eigenvalue weighted by molar-refractivity contribution is 6.12. The summed E-state index contributed by atoms with van der Waals surface area (Å²) < 4.78 is 2.31. The Morgan fingerprint density at radius 3 is 1.19 bits per heavy atom. The number of hydrogen-bond acceptors (Lipinski definition) is 0. The lowest BCUT2D eigenvalue weighted by atomic mass is 9.94. The van der Waals surface area contributed by atoms with Crippen LogP contribution in [0.4, 0.5) is 0 Å². The molecule has 1 aromatic heterocycles. The second-order valence-electron chi connectivity index (χ2n) is 31.0. The molecule has 0 aliphatic heterocycles. The van der Waals surface area contributed by atoms with Crippen LogP contribution in [0.25, 0.3) is 122 Å². The van der Waals surface area contributed by atoms with Gasteiger partial charge >= 0.3 is 0 Å². The van der Waals surface area contributed by atoms with Gasteiger partial charge in [0.25, 0.3) is 0 Å². The SMILES string of the molecule is Cc1ccc2c(c1)-c1c(ccc3c1Cc1ccccc1-3)C2.Cc1ccc2c(c1)Cc1ccc3c(c1-2)Cc1ccccc1-3.Cc1cccc2c1-c1cc3c(cc1C2)-c1ccccc1C3.Cc1cccc2c1Cc1ccc3c(c1-2)Cc1ccccc1-3.Cn1c2ccccc2c2c3c(ccc21)-c1ccccc1C3. The molecule has 0 N–H and O–H groups in total. The van der Waals surface area contributed by atoms with Crippen molar-refractivity contribution in [3.8, 4) is 100 Å². The van der Waals surface area contributed by atoms with Crippen molar-refractivity contribution in [2.75, 3.05) is 0 Å². The minimum atomic E-state index is 1.05. The Hall–Kier alpha value is -11.9. The van der Waals surface area contributed by atoms with Crippen LogP contribution < -0.4 is 0 Å². The Bertz CT molecular complexity index is 6370. The standard InChI is InChI=1S/4C21H16.C20H15N/c1-13-5-4-7-15-10-17-11-19-16(12-20(17)21(13)15)9-14-6-2-3-8-18(14)19;1-13-5-4-8-18-19(13)12-15-9-10-17-16-7-3-2-6-14(16)11-20(17)21(15)18;1-13-6-8-18-16(10-13)11-15-7-9-19-17-5-3-2-4-14(17)12-20(19)21(15)18;1-13-6-7-15-11-16-8-9-18-17-5-3-2-4-14(17)12-20(18)21(16)19(15)10-13;1-21-18-9-5-4-8-16(18)20-17-12-13-6-2-3-7-14(13)15(17)10-11-19(20)21/h2-8,11-12H,9-10H2,1H3;3*2-10H,11-12H2,1H3;2-11H,12H2,1H3. The van der Waals surface area contributed by atoms with Crippen LogP contribution in [-0.2, 0) is 64.8 Å². The van der Waals surface area contributed by atoms with Crippen LogP contribution in [0.5, 0.6) is 0 Å². The van der Waals surface area contributed by atoms with Gasteiger partial charge in [-0.1, -0.05) is 266 Å². The molecule has 0 saturated heterocycles. The molecule has 9 aliphatic rings. The maximum absolute atomic E-state index is 2.45. The third-order valence-electron chi connectivity index (χ3n) is 25.0. The zero-order valence-electron chi connectivity index (χ0n) is 60.4. The minimum absolute atomic E-state index is 1.05. The highest BCUT2D eigenvalue weighted by atomic mass is 14.9. The Balaban J connectivity index is 0.0000000846. The molecule has 25 rings (SSSR count). The van der Waals surface area contributed by atoms with Crippen molar-refractivity contribution in [1.29, 1.82) is 0 Å². The van der Waals surface area contributed by atoms with Gasteiger partial charge in [-0.3, -0.25) is 0 Å². The lowest BCUT2D eigenvalue weighted by Crippen LogP contribution is -1.89. The van der Waals surface area contributed by atoms with Crippen LogP contribution in [0.1, 0.15) is 122 Å². The van der Waals surface area contributed by atoms with E-state index in [1.54, 1.807) is 0 Å². The van der Waals surface area contributed by atoms with Gasteiger partial charge in [-0.2, -0.15) is 0 Å². The molecular formula is C104H79N. The van der Waals surface area contributed by atoms with Crippen LogP contribution in [0.2, 0.25) is 0 Å². The average molecular weight is 1340 g/mol. The number of rotatable bonds is 0. The lowest BCUT2D eigenvalue weighted by molar-refractivity contribution is 1.01. The van der Waals surface area contributed by atoms with Crippen LogP contribution in [-0.4, -0.2) is 4.57 Å². The Morgan fingerprint density at radius 2 is 0.562 bits per heavy atom. The van der Waals surface area contributed by atoms with Gasteiger partial charge in [0.05, 0.1) is 0 Å². The number of aryl methyl sites for hydroxylation is 5. The Labute approximate surface area is 616 Å². The van der Waals surface area contributed by atoms with Crippen molar-refractivity contribution in [1.82, 2.24) is 4.57 Å². The van der Waals surface area contributed by atoms with Gasteiger partial charge in [-0.25, -0.2) is 0 Å². The fourth-order valence-corrected chi connectivity index (χ4v) is 20.2. The minimum Gasteiger partial charge on any atom is -0.344 e. The van der Waals surface area contributed by atoms with E-state index in [-0.39, 0.29) is 0 Å². The van der Waals surface area contributed by atoms with Crippen molar-refractivity contribution in [3.05, 3.63) is 401 Å². The summed E-state index contributed by atoms with van der Waals surface area (Å²) in [5.41, 5.74) is 61.3. The number of benzene rings is 15. The van der Waals surface area contributed by atoms with E-state index in [1.807, 2.05) is 0 Å². The summed E-state index contributed by atoms with van der Waals surface area (Å²) in [6.07, 6.45) is 9.76. The van der Waals surface area contributed by atoms with Gasteiger partial charge in [-0.05, 0) is 321 Å². The van der Waals surface area contributed by atoms with Gasteiger partial charge in [0.1, 0.15) is 0 Å². The molecule has 0 unspecified atom stereocenters. The number of aromatic nitrogens is 1. The number of fused-ring (bicyclic) bond motifs is 34. The van der Waals surface area contributed by atoms with Crippen LogP contribution in [0.15, 0.2) is 279 Å². The summed E-state index contributed by atoms with van der Waals surface area (Å²) in [6.45, 7) is 8.84. The summed E-state index contributed by atoms with van der Waals surface area (Å²) in [4.78, 5) is 0. The fourth-order valence-electron chi connectivity index (χ4n) is 20.2. The zero-order chi connectivity index (χ0) is 69.9. The smallest absolute Gasteiger partial charge is 0.0492 e. The van der Waals surface area contributed by atoms with Crippen LogP contribution in [0.3, 0.4) is 0 Å². The third-order valence-corrected chi connectivity index (χ3v) is 25.0. The normalized spacial score (nSPS) is 13.4. The van der Waals surface area contributed by atoms with Gasteiger partial charge in [0.2, 0.25) is 0 Å². The molecule has 105 heavy (non-hydrogen) atoms. The van der Waals surface area contributed by atoms with E-state index in [2.05, 4.69) is 318 Å².